The lowest BCUT2D eigenvalue weighted by molar-refractivity contribution is 0.0959. The van der Waals surface area contributed by atoms with Crippen molar-refractivity contribution >= 4 is 27.1 Å². The fourth-order valence-electron chi connectivity index (χ4n) is 2.50. The van der Waals surface area contributed by atoms with Gasteiger partial charge in [0.15, 0.2) is 9.84 Å². The van der Waals surface area contributed by atoms with Crippen LogP contribution in [0, 0.1) is 18.6 Å². The van der Waals surface area contributed by atoms with Gasteiger partial charge in [0.05, 0.1) is 16.3 Å². The van der Waals surface area contributed by atoms with Crippen molar-refractivity contribution < 1.29 is 22.0 Å². The molecule has 0 aliphatic heterocycles. The quantitative estimate of drug-likeness (QED) is 0.616. The Morgan fingerprint density at radius 3 is 2.46 bits per heavy atom. The van der Waals surface area contributed by atoms with Gasteiger partial charge < -0.3 is 5.32 Å². The molecule has 3 aromatic rings. The molecule has 0 fully saturated rings. The van der Waals surface area contributed by atoms with Crippen molar-refractivity contribution in [2.75, 3.05) is 12.3 Å². The number of halogens is 2. The number of hydrogen-bond donors (Lipinski definition) is 1. The van der Waals surface area contributed by atoms with Gasteiger partial charge in [-0.2, -0.15) is 0 Å². The molecule has 0 radical (unpaired) electrons. The summed E-state index contributed by atoms with van der Waals surface area (Å²) in [6, 6.07) is 10.6. The number of hydrogen-bond acceptors (Lipinski definition) is 5. The molecular weight excluding hydrogens is 406 g/mol. The van der Waals surface area contributed by atoms with E-state index in [-0.39, 0.29) is 22.1 Å². The molecular formula is C19H16F2N2O3S2. The average Bonchev–Trinajstić information content (AvgIpc) is 3.04. The van der Waals surface area contributed by atoms with Gasteiger partial charge in [-0.3, -0.25) is 4.79 Å². The minimum Gasteiger partial charge on any atom is -0.350 e. The summed E-state index contributed by atoms with van der Waals surface area (Å²) in [6.45, 7) is 1.51. The van der Waals surface area contributed by atoms with E-state index in [1.807, 2.05) is 0 Å². The van der Waals surface area contributed by atoms with Crippen LogP contribution in [0.3, 0.4) is 0 Å². The lowest BCUT2D eigenvalue weighted by atomic mass is 10.2. The van der Waals surface area contributed by atoms with Gasteiger partial charge in [-0.05, 0) is 43.3 Å². The third-order valence-corrected chi connectivity index (χ3v) is 6.86. The van der Waals surface area contributed by atoms with Gasteiger partial charge in [0, 0.05) is 12.1 Å². The van der Waals surface area contributed by atoms with Gasteiger partial charge in [0.2, 0.25) is 0 Å². The van der Waals surface area contributed by atoms with Crippen LogP contribution in [0.5, 0.6) is 0 Å². The molecule has 1 heterocycles. The Kier molecular flexibility index (Phi) is 5.85. The number of benzene rings is 2. The van der Waals surface area contributed by atoms with E-state index in [1.165, 1.54) is 18.2 Å². The molecule has 0 bridgehead atoms. The molecule has 0 aliphatic carbocycles. The minimum atomic E-state index is -3.65. The average molecular weight is 422 g/mol. The molecule has 146 valence electrons. The lowest BCUT2D eigenvalue weighted by Gasteiger charge is -2.06. The Hall–Kier alpha value is -2.65. The van der Waals surface area contributed by atoms with E-state index in [0.29, 0.717) is 16.3 Å². The standard InChI is InChI=1S/C19H16F2N2O3S2/c1-12-17(27-19(23-12)15-4-2-3-5-16(15)21)18(24)22-10-11-28(25,26)14-8-6-13(20)7-9-14/h2-9H,10-11H2,1H3,(H,22,24). The number of rotatable bonds is 6. The zero-order valence-corrected chi connectivity index (χ0v) is 16.4. The van der Waals surface area contributed by atoms with Gasteiger partial charge in [-0.1, -0.05) is 12.1 Å². The molecule has 0 atom stereocenters. The summed E-state index contributed by atoms with van der Waals surface area (Å²) in [5, 5.41) is 2.92. The first-order valence-electron chi connectivity index (χ1n) is 8.27. The summed E-state index contributed by atoms with van der Waals surface area (Å²) in [5.41, 5.74) is 0.732. The Morgan fingerprint density at radius 2 is 1.79 bits per heavy atom. The molecule has 9 heteroatoms. The molecule has 28 heavy (non-hydrogen) atoms. The molecule has 1 amide bonds. The van der Waals surface area contributed by atoms with E-state index in [0.717, 1.165) is 23.5 Å². The smallest absolute Gasteiger partial charge is 0.263 e. The highest BCUT2D eigenvalue weighted by molar-refractivity contribution is 7.91. The van der Waals surface area contributed by atoms with E-state index in [2.05, 4.69) is 10.3 Å². The third-order valence-electron chi connectivity index (χ3n) is 3.94. The van der Waals surface area contributed by atoms with Gasteiger partial charge in [-0.15, -0.1) is 11.3 Å². The molecule has 1 aromatic heterocycles. The maximum absolute atomic E-state index is 13.9. The largest absolute Gasteiger partial charge is 0.350 e. The van der Waals surface area contributed by atoms with Crippen molar-refractivity contribution in [1.29, 1.82) is 0 Å². The monoisotopic (exact) mass is 422 g/mol. The fraction of sp³-hybridized carbons (Fsp3) is 0.158. The minimum absolute atomic E-state index is 0.0149. The number of aryl methyl sites for hydroxylation is 1. The second-order valence-electron chi connectivity index (χ2n) is 5.94. The van der Waals surface area contributed by atoms with Crippen molar-refractivity contribution in [3.05, 3.63) is 70.7 Å². The summed E-state index contributed by atoms with van der Waals surface area (Å²) in [7, 11) is -3.65. The zero-order valence-electron chi connectivity index (χ0n) is 14.8. The summed E-state index contributed by atoms with van der Waals surface area (Å²) in [6.07, 6.45) is 0. The zero-order chi connectivity index (χ0) is 20.3. The van der Waals surface area contributed by atoms with Crippen LogP contribution in [-0.4, -0.2) is 31.6 Å². The van der Waals surface area contributed by atoms with Gasteiger partial charge >= 0.3 is 0 Å². The van der Waals surface area contributed by atoms with Gasteiger partial charge in [-0.25, -0.2) is 22.2 Å². The number of nitrogens with zero attached hydrogens (tertiary/aromatic N) is 1. The van der Waals surface area contributed by atoms with Crippen LogP contribution in [0.1, 0.15) is 15.4 Å². The number of aromatic nitrogens is 1. The predicted octanol–water partition coefficient (Wildman–Crippen LogP) is 3.60. The highest BCUT2D eigenvalue weighted by atomic mass is 32.2. The second kappa shape index (κ2) is 8.15. The summed E-state index contributed by atoms with van der Waals surface area (Å²) >= 11 is 1.04. The molecule has 0 saturated heterocycles. The first kappa shape index (κ1) is 20.1. The second-order valence-corrected chi connectivity index (χ2v) is 9.05. The summed E-state index contributed by atoms with van der Waals surface area (Å²) in [4.78, 5) is 16.9. The number of carbonyl (C=O) groups is 1. The molecule has 0 spiro atoms. The van der Waals surface area contributed by atoms with Crippen LogP contribution >= 0.6 is 11.3 Å². The maximum Gasteiger partial charge on any atom is 0.263 e. The molecule has 3 rings (SSSR count). The van der Waals surface area contributed by atoms with E-state index in [9.17, 15) is 22.0 Å². The van der Waals surface area contributed by atoms with E-state index in [4.69, 9.17) is 0 Å². The van der Waals surface area contributed by atoms with Crippen LogP contribution in [0.2, 0.25) is 0 Å². The first-order chi connectivity index (χ1) is 13.3. The molecule has 1 N–H and O–H groups in total. The Bertz CT molecular complexity index is 1110. The van der Waals surface area contributed by atoms with E-state index < -0.39 is 27.4 Å². The number of amides is 1. The van der Waals surface area contributed by atoms with E-state index in [1.54, 1.807) is 25.1 Å². The third kappa shape index (κ3) is 4.42. The number of nitrogens with one attached hydrogen (secondary N) is 1. The van der Waals surface area contributed by atoms with Crippen LogP contribution in [0.4, 0.5) is 8.78 Å². The Balaban J connectivity index is 1.67. The normalized spacial score (nSPS) is 11.4. The van der Waals surface area contributed by atoms with Crippen molar-refractivity contribution in [3.63, 3.8) is 0 Å². The van der Waals surface area contributed by atoms with Crippen molar-refractivity contribution in [2.45, 2.75) is 11.8 Å². The molecule has 0 unspecified atom stereocenters. The Labute approximate surface area is 165 Å². The SMILES string of the molecule is Cc1nc(-c2ccccc2F)sc1C(=O)NCCS(=O)(=O)c1ccc(F)cc1. The lowest BCUT2D eigenvalue weighted by Crippen LogP contribution is -2.29. The van der Waals surface area contributed by atoms with Crippen molar-refractivity contribution in [3.8, 4) is 10.6 Å². The first-order valence-corrected chi connectivity index (χ1v) is 10.7. The molecule has 0 aliphatic rings. The van der Waals surface area contributed by atoms with Crippen molar-refractivity contribution in [1.82, 2.24) is 10.3 Å². The van der Waals surface area contributed by atoms with Gasteiger partial charge in [0.25, 0.3) is 5.91 Å². The van der Waals surface area contributed by atoms with Gasteiger partial charge in [0.1, 0.15) is 21.5 Å². The number of thiazole rings is 1. The number of carbonyl (C=O) groups excluding carboxylic acids is 1. The fourth-order valence-corrected chi connectivity index (χ4v) is 4.66. The van der Waals surface area contributed by atoms with E-state index >= 15 is 0 Å². The van der Waals surface area contributed by atoms with Crippen LogP contribution in [-0.2, 0) is 9.84 Å². The van der Waals surface area contributed by atoms with Crippen LogP contribution in [0.25, 0.3) is 10.6 Å². The highest BCUT2D eigenvalue weighted by Crippen LogP contribution is 2.29. The summed E-state index contributed by atoms with van der Waals surface area (Å²) in [5.74, 6) is -1.78. The van der Waals surface area contributed by atoms with Crippen molar-refractivity contribution in [2.24, 2.45) is 0 Å². The molecule has 5 nitrogen and oxygen atoms in total. The van der Waals surface area contributed by atoms with Crippen LogP contribution < -0.4 is 5.32 Å². The summed E-state index contributed by atoms with van der Waals surface area (Å²) < 4.78 is 51.3. The molecule has 0 saturated carbocycles. The van der Waals surface area contributed by atoms with Crippen LogP contribution in [0.15, 0.2) is 53.4 Å². The maximum atomic E-state index is 13.9. The molecule has 2 aromatic carbocycles. The topological polar surface area (TPSA) is 76.1 Å². The highest BCUT2D eigenvalue weighted by Gasteiger charge is 2.19. The number of sulfone groups is 1. The Morgan fingerprint density at radius 1 is 1.11 bits per heavy atom. The predicted molar refractivity (Wildman–Crippen MR) is 103 cm³/mol.